The number of amides is 1. The number of rotatable bonds is 9. The van der Waals surface area contributed by atoms with E-state index in [0.29, 0.717) is 35.7 Å². The second-order valence-corrected chi connectivity index (χ2v) is 8.80. The van der Waals surface area contributed by atoms with Gasteiger partial charge >= 0.3 is 0 Å². The van der Waals surface area contributed by atoms with Crippen molar-refractivity contribution in [1.82, 2.24) is 4.90 Å². The van der Waals surface area contributed by atoms with E-state index in [1.54, 1.807) is 42.5 Å². The average molecular weight is 518 g/mol. The van der Waals surface area contributed by atoms with Gasteiger partial charge in [0.15, 0.2) is 0 Å². The van der Waals surface area contributed by atoms with Gasteiger partial charge in [0, 0.05) is 28.8 Å². The van der Waals surface area contributed by atoms with Crippen LogP contribution in [0, 0.1) is 0 Å². The number of hydrogen-bond acceptors (Lipinski definition) is 6. The summed E-state index contributed by atoms with van der Waals surface area (Å²) in [6, 6.07) is 11.2. The number of methoxy groups -OCH3 is 2. The number of ether oxygens (including phenoxy) is 3. The van der Waals surface area contributed by atoms with E-state index >= 15 is 0 Å². The van der Waals surface area contributed by atoms with E-state index in [4.69, 9.17) is 14.2 Å². The lowest BCUT2D eigenvalue weighted by Crippen LogP contribution is -2.31. The van der Waals surface area contributed by atoms with Crippen molar-refractivity contribution < 1.29 is 28.9 Å². The number of hydrogen-bond donors (Lipinski definition) is 1. The summed E-state index contributed by atoms with van der Waals surface area (Å²) in [4.78, 5) is 27.7. The number of benzene rings is 2. The highest BCUT2D eigenvalue weighted by Gasteiger charge is 2.47. The molecule has 1 amide bonds. The molecule has 1 fully saturated rings. The second kappa shape index (κ2) is 10.9. The number of ketones is 1. The third-order valence-electron chi connectivity index (χ3n) is 5.38. The van der Waals surface area contributed by atoms with Gasteiger partial charge in [0.1, 0.15) is 17.3 Å². The molecular formula is C25H28BrNO6. The maximum atomic E-state index is 13.2. The molecule has 3 rings (SSSR count). The van der Waals surface area contributed by atoms with Gasteiger partial charge in [0.2, 0.25) is 0 Å². The molecular weight excluding hydrogens is 490 g/mol. The normalized spacial score (nSPS) is 17.6. The quantitative estimate of drug-likeness (QED) is 0.224. The summed E-state index contributed by atoms with van der Waals surface area (Å²) in [5, 5.41) is 11.2. The Bertz CT molecular complexity index is 1050. The summed E-state index contributed by atoms with van der Waals surface area (Å²) in [5.41, 5.74) is 1.00. The van der Waals surface area contributed by atoms with E-state index < -0.39 is 17.7 Å². The maximum absolute atomic E-state index is 13.2. The molecule has 0 aromatic heterocycles. The third kappa shape index (κ3) is 5.39. The first-order chi connectivity index (χ1) is 15.8. The van der Waals surface area contributed by atoms with Crippen molar-refractivity contribution in [2.24, 2.45) is 0 Å². The monoisotopic (exact) mass is 517 g/mol. The van der Waals surface area contributed by atoms with Crippen LogP contribution in [-0.4, -0.2) is 55.2 Å². The fourth-order valence-electron chi connectivity index (χ4n) is 3.80. The molecule has 1 aliphatic rings. The van der Waals surface area contributed by atoms with Gasteiger partial charge in [-0.1, -0.05) is 28.1 Å². The molecule has 1 saturated heterocycles. The van der Waals surface area contributed by atoms with E-state index in [1.807, 2.05) is 13.8 Å². The standard InChI is InChI=1S/C25H28BrNO6/c1-15(2)33-13-5-12-27-22(19-14-18(31-3)10-11-20(19)32-4)21(24(29)25(27)30)23(28)16-6-8-17(26)9-7-16/h6-11,14-15,22,28H,5,12-13H2,1-4H3/t22-/m0/s1. The molecule has 176 valence electrons. The Hall–Kier alpha value is -2.84. The third-order valence-corrected chi connectivity index (χ3v) is 5.91. The minimum Gasteiger partial charge on any atom is -0.507 e. The molecule has 1 atom stereocenters. The van der Waals surface area contributed by atoms with Gasteiger partial charge in [-0.15, -0.1) is 0 Å². The average Bonchev–Trinajstić information content (AvgIpc) is 3.06. The molecule has 0 bridgehead atoms. The molecule has 2 aromatic rings. The minimum atomic E-state index is -0.835. The molecule has 0 aliphatic carbocycles. The summed E-state index contributed by atoms with van der Waals surface area (Å²) < 4.78 is 17.4. The molecule has 7 nitrogen and oxygen atoms in total. The Balaban J connectivity index is 2.13. The number of aliphatic hydroxyl groups excluding tert-OH is 1. The fraction of sp³-hybridized carbons (Fsp3) is 0.360. The molecule has 8 heteroatoms. The zero-order chi connectivity index (χ0) is 24.1. The zero-order valence-corrected chi connectivity index (χ0v) is 20.7. The van der Waals surface area contributed by atoms with Gasteiger partial charge in [-0.3, -0.25) is 9.59 Å². The first-order valence-electron chi connectivity index (χ1n) is 10.7. The Labute approximate surface area is 202 Å². The van der Waals surface area contributed by atoms with Crippen molar-refractivity contribution in [2.45, 2.75) is 32.4 Å². The smallest absolute Gasteiger partial charge is 0.295 e. The molecule has 0 radical (unpaired) electrons. The van der Waals surface area contributed by atoms with E-state index in [1.165, 1.54) is 19.1 Å². The van der Waals surface area contributed by atoms with Crippen LogP contribution in [0.5, 0.6) is 11.5 Å². The van der Waals surface area contributed by atoms with Crippen LogP contribution in [0.25, 0.3) is 5.76 Å². The molecule has 0 saturated carbocycles. The largest absolute Gasteiger partial charge is 0.507 e. The van der Waals surface area contributed by atoms with E-state index in [-0.39, 0.29) is 24.0 Å². The second-order valence-electron chi connectivity index (χ2n) is 7.88. The summed E-state index contributed by atoms with van der Waals surface area (Å²) in [5.74, 6) is -0.629. The zero-order valence-electron chi connectivity index (χ0n) is 19.1. The number of aliphatic hydroxyl groups is 1. The number of halogens is 1. The van der Waals surface area contributed by atoms with Crippen molar-refractivity contribution in [3.05, 3.63) is 63.6 Å². The first-order valence-corrected chi connectivity index (χ1v) is 11.5. The Kier molecular flexibility index (Phi) is 8.15. The van der Waals surface area contributed by atoms with Crippen molar-refractivity contribution in [1.29, 1.82) is 0 Å². The maximum Gasteiger partial charge on any atom is 0.295 e. The number of likely N-dealkylation sites (tertiary alicyclic amines) is 1. The van der Waals surface area contributed by atoms with E-state index in [2.05, 4.69) is 15.9 Å². The molecule has 1 aliphatic heterocycles. The van der Waals surface area contributed by atoms with E-state index in [0.717, 1.165) is 4.47 Å². The van der Waals surface area contributed by atoms with Gasteiger partial charge in [-0.2, -0.15) is 0 Å². The SMILES string of the molecule is COc1ccc(OC)c([C@H]2C(=C(O)c3ccc(Br)cc3)C(=O)C(=O)N2CCCOC(C)C)c1. The summed E-state index contributed by atoms with van der Waals surface area (Å²) >= 11 is 3.37. The molecule has 33 heavy (non-hydrogen) atoms. The Morgan fingerprint density at radius 2 is 1.79 bits per heavy atom. The van der Waals surface area contributed by atoms with Crippen LogP contribution in [0.4, 0.5) is 0 Å². The van der Waals surface area contributed by atoms with Gasteiger partial charge in [0.25, 0.3) is 11.7 Å². The molecule has 0 unspecified atom stereocenters. The van der Waals surface area contributed by atoms with Crippen molar-refractivity contribution in [3.8, 4) is 11.5 Å². The fourth-order valence-corrected chi connectivity index (χ4v) is 4.07. The number of Topliss-reactive ketones (excluding diaryl/α,β-unsaturated/α-hetero) is 1. The van der Waals surface area contributed by atoms with Crippen LogP contribution in [-0.2, 0) is 14.3 Å². The summed E-state index contributed by atoms with van der Waals surface area (Å²) in [6.07, 6.45) is 0.596. The summed E-state index contributed by atoms with van der Waals surface area (Å²) in [7, 11) is 3.05. The van der Waals surface area contributed by atoms with Crippen LogP contribution in [0.2, 0.25) is 0 Å². The number of carbonyl (C=O) groups excluding carboxylic acids is 2. The number of carbonyl (C=O) groups is 2. The van der Waals surface area contributed by atoms with Crippen molar-refractivity contribution >= 4 is 33.4 Å². The molecule has 1 heterocycles. The van der Waals surface area contributed by atoms with Crippen LogP contribution in [0.1, 0.15) is 37.4 Å². The topological polar surface area (TPSA) is 85.3 Å². The lowest BCUT2D eigenvalue weighted by Gasteiger charge is -2.27. The minimum absolute atomic E-state index is 0.0126. The lowest BCUT2D eigenvalue weighted by atomic mass is 9.94. The Morgan fingerprint density at radius 3 is 2.39 bits per heavy atom. The summed E-state index contributed by atoms with van der Waals surface area (Å²) in [6.45, 7) is 4.59. The predicted molar refractivity (Wildman–Crippen MR) is 128 cm³/mol. The van der Waals surface area contributed by atoms with Gasteiger partial charge in [-0.25, -0.2) is 0 Å². The molecule has 2 aromatic carbocycles. The predicted octanol–water partition coefficient (Wildman–Crippen LogP) is 4.70. The van der Waals surface area contributed by atoms with Crippen LogP contribution in [0.15, 0.2) is 52.5 Å². The Morgan fingerprint density at radius 1 is 1.09 bits per heavy atom. The highest BCUT2D eigenvalue weighted by molar-refractivity contribution is 9.10. The van der Waals surface area contributed by atoms with Crippen molar-refractivity contribution in [3.63, 3.8) is 0 Å². The highest BCUT2D eigenvalue weighted by Crippen LogP contribution is 2.44. The van der Waals surface area contributed by atoms with E-state index in [9.17, 15) is 14.7 Å². The van der Waals surface area contributed by atoms with Crippen LogP contribution < -0.4 is 9.47 Å². The van der Waals surface area contributed by atoms with Crippen LogP contribution in [0.3, 0.4) is 0 Å². The lowest BCUT2D eigenvalue weighted by molar-refractivity contribution is -0.140. The van der Waals surface area contributed by atoms with Gasteiger partial charge in [-0.05, 0) is 50.6 Å². The van der Waals surface area contributed by atoms with Crippen LogP contribution >= 0.6 is 15.9 Å². The van der Waals surface area contributed by atoms with Gasteiger partial charge < -0.3 is 24.2 Å². The van der Waals surface area contributed by atoms with Gasteiger partial charge in [0.05, 0.1) is 31.9 Å². The molecule has 1 N–H and O–H groups in total. The first kappa shape index (κ1) is 24.8. The molecule has 0 spiro atoms. The van der Waals surface area contributed by atoms with Crippen molar-refractivity contribution in [2.75, 3.05) is 27.4 Å². The highest BCUT2D eigenvalue weighted by atomic mass is 79.9. The number of nitrogens with zero attached hydrogens (tertiary/aromatic N) is 1.